The van der Waals surface area contributed by atoms with Crippen LogP contribution in [0, 0.1) is 0 Å². The highest BCUT2D eigenvalue weighted by Crippen LogP contribution is 2.12. The molecule has 2 aromatic heterocycles. The summed E-state index contributed by atoms with van der Waals surface area (Å²) in [6, 6.07) is 5.58. The quantitative estimate of drug-likeness (QED) is 0.801. The zero-order valence-corrected chi connectivity index (χ0v) is 12.0. The van der Waals surface area contributed by atoms with Crippen molar-refractivity contribution < 1.29 is 9.21 Å². The van der Waals surface area contributed by atoms with Crippen molar-refractivity contribution in [2.75, 3.05) is 12.3 Å². The van der Waals surface area contributed by atoms with Crippen molar-refractivity contribution in [2.45, 2.75) is 5.75 Å². The molecule has 0 fully saturated rings. The molecule has 0 atom stereocenters. The van der Waals surface area contributed by atoms with Gasteiger partial charge in [0.15, 0.2) is 0 Å². The lowest BCUT2D eigenvalue weighted by molar-refractivity contribution is 0.0952. The van der Waals surface area contributed by atoms with Crippen molar-refractivity contribution in [1.82, 2.24) is 10.3 Å². The van der Waals surface area contributed by atoms with Crippen LogP contribution in [0.3, 0.4) is 0 Å². The zero-order valence-electron chi connectivity index (χ0n) is 9.61. The number of thioether (sulfide) groups is 1. The van der Waals surface area contributed by atoms with E-state index in [-0.39, 0.29) is 5.91 Å². The van der Waals surface area contributed by atoms with Gasteiger partial charge in [-0.05, 0) is 34.1 Å². The lowest BCUT2D eigenvalue weighted by Crippen LogP contribution is -2.25. The van der Waals surface area contributed by atoms with Crippen LogP contribution in [-0.4, -0.2) is 23.2 Å². The third kappa shape index (κ3) is 3.96. The summed E-state index contributed by atoms with van der Waals surface area (Å²) in [6.07, 6.45) is 3.40. The highest BCUT2D eigenvalue weighted by atomic mass is 79.9. The summed E-state index contributed by atoms with van der Waals surface area (Å²) in [5.41, 5.74) is 0.568. The largest absolute Gasteiger partial charge is 0.468 e. The average molecular weight is 329 g/mol. The Morgan fingerprint density at radius 1 is 1.56 bits per heavy atom. The van der Waals surface area contributed by atoms with Gasteiger partial charge in [-0.3, -0.25) is 4.79 Å². The van der Waals surface area contributed by atoms with Gasteiger partial charge in [-0.2, -0.15) is 11.8 Å². The monoisotopic (exact) mass is 328 g/mol. The van der Waals surface area contributed by atoms with E-state index in [9.17, 15) is 4.79 Å². The molecule has 2 heterocycles. The number of amides is 1. The normalized spacial score (nSPS) is 10.5. The summed E-state index contributed by atoms with van der Waals surface area (Å²) in [6.45, 7) is 0.640. The van der Waals surface area contributed by atoms with E-state index >= 15 is 0 Å². The first-order valence-electron chi connectivity index (χ1n) is 5.48. The minimum Gasteiger partial charge on any atom is -0.468 e. The maximum Gasteiger partial charge on any atom is 0.267 e. The van der Waals surface area contributed by atoms with Crippen LogP contribution >= 0.6 is 27.7 Å². The van der Waals surface area contributed by atoms with E-state index < -0.39 is 0 Å². The third-order valence-electron chi connectivity index (χ3n) is 2.25. The Hall–Kier alpha value is -1.14. The van der Waals surface area contributed by atoms with E-state index in [0.29, 0.717) is 12.2 Å². The summed E-state index contributed by atoms with van der Waals surface area (Å²) in [5.74, 6) is 2.56. The number of carbonyl (C=O) groups excluding carboxylic acids is 1. The highest BCUT2D eigenvalue weighted by Gasteiger charge is 2.06. The predicted octanol–water partition coefficient (Wildman–Crippen LogP) is 3.03. The standard InChI is InChI=1S/C12H13BrN2O2S/c13-9-6-11(15-7-9)12(16)14-3-5-18-8-10-2-1-4-17-10/h1-2,4,6-7,15H,3,5,8H2,(H,14,16). The second-order valence-electron chi connectivity index (χ2n) is 3.62. The highest BCUT2D eigenvalue weighted by molar-refractivity contribution is 9.10. The summed E-state index contributed by atoms with van der Waals surface area (Å²) in [7, 11) is 0. The molecule has 2 aromatic rings. The minimum atomic E-state index is -0.0840. The molecule has 1 amide bonds. The molecule has 2 rings (SSSR count). The Bertz CT molecular complexity index is 496. The van der Waals surface area contributed by atoms with Gasteiger partial charge in [0.2, 0.25) is 0 Å². The van der Waals surface area contributed by atoms with E-state index in [1.807, 2.05) is 12.1 Å². The van der Waals surface area contributed by atoms with E-state index in [0.717, 1.165) is 21.7 Å². The Morgan fingerprint density at radius 2 is 2.44 bits per heavy atom. The van der Waals surface area contributed by atoms with Crippen molar-refractivity contribution in [3.63, 3.8) is 0 Å². The molecular formula is C12H13BrN2O2S. The zero-order chi connectivity index (χ0) is 12.8. The Labute approximate surface area is 118 Å². The number of H-pyrrole nitrogens is 1. The molecule has 0 saturated heterocycles. The number of nitrogens with one attached hydrogen (secondary N) is 2. The SMILES string of the molecule is O=C(NCCSCc1ccco1)c1cc(Br)c[nH]1. The Kier molecular flexibility index (Phi) is 4.95. The van der Waals surface area contributed by atoms with Crippen molar-refractivity contribution in [1.29, 1.82) is 0 Å². The second kappa shape index (κ2) is 6.70. The fourth-order valence-corrected chi connectivity index (χ4v) is 2.50. The third-order valence-corrected chi connectivity index (χ3v) is 3.69. The molecule has 0 aromatic carbocycles. The lowest BCUT2D eigenvalue weighted by atomic mass is 10.4. The predicted molar refractivity (Wildman–Crippen MR) is 75.7 cm³/mol. The van der Waals surface area contributed by atoms with E-state index in [2.05, 4.69) is 26.2 Å². The first-order chi connectivity index (χ1) is 8.75. The first kappa shape index (κ1) is 13.3. The van der Waals surface area contributed by atoms with Gasteiger partial charge in [-0.1, -0.05) is 0 Å². The molecule has 0 unspecified atom stereocenters. The van der Waals surface area contributed by atoms with Crippen LogP contribution in [0.25, 0.3) is 0 Å². The number of hydrogen-bond acceptors (Lipinski definition) is 3. The number of rotatable bonds is 6. The van der Waals surface area contributed by atoms with Gasteiger partial charge in [-0.15, -0.1) is 0 Å². The molecule has 0 radical (unpaired) electrons. The lowest BCUT2D eigenvalue weighted by Gasteiger charge is -2.02. The average Bonchev–Trinajstić information content (AvgIpc) is 2.99. The molecule has 0 spiro atoms. The number of halogens is 1. The molecule has 0 bridgehead atoms. The van der Waals surface area contributed by atoms with Crippen molar-refractivity contribution in [3.8, 4) is 0 Å². The van der Waals surface area contributed by atoms with Crippen molar-refractivity contribution >= 4 is 33.6 Å². The topological polar surface area (TPSA) is 58.0 Å². The van der Waals surface area contributed by atoms with Gasteiger partial charge < -0.3 is 14.7 Å². The summed E-state index contributed by atoms with van der Waals surface area (Å²) in [5, 5.41) is 2.85. The van der Waals surface area contributed by atoms with Crippen LogP contribution in [0.5, 0.6) is 0 Å². The van der Waals surface area contributed by atoms with Crippen LogP contribution in [-0.2, 0) is 5.75 Å². The first-order valence-corrected chi connectivity index (χ1v) is 7.43. The van der Waals surface area contributed by atoms with Gasteiger partial charge in [-0.25, -0.2) is 0 Å². The van der Waals surface area contributed by atoms with Crippen LogP contribution in [0.4, 0.5) is 0 Å². The number of furan rings is 1. The van der Waals surface area contributed by atoms with E-state index in [1.165, 1.54) is 0 Å². The van der Waals surface area contributed by atoms with Crippen LogP contribution < -0.4 is 5.32 Å². The fraction of sp³-hybridized carbons (Fsp3) is 0.250. The maximum atomic E-state index is 11.7. The minimum absolute atomic E-state index is 0.0840. The van der Waals surface area contributed by atoms with E-state index in [1.54, 1.807) is 30.3 Å². The van der Waals surface area contributed by atoms with Gasteiger partial charge in [0.25, 0.3) is 5.91 Å². The molecule has 6 heteroatoms. The van der Waals surface area contributed by atoms with Crippen molar-refractivity contribution in [2.24, 2.45) is 0 Å². The molecular weight excluding hydrogens is 316 g/mol. The Balaban J connectivity index is 1.62. The summed E-state index contributed by atoms with van der Waals surface area (Å²) < 4.78 is 6.09. The van der Waals surface area contributed by atoms with Crippen LogP contribution in [0.15, 0.2) is 39.5 Å². The van der Waals surface area contributed by atoms with Crippen LogP contribution in [0.2, 0.25) is 0 Å². The smallest absolute Gasteiger partial charge is 0.267 e. The van der Waals surface area contributed by atoms with Crippen molar-refractivity contribution in [3.05, 3.63) is 46.6 Å². The molecule has 0 aliphatic rings. The summed E-state index contributed by atoms with van der Waals surface area (Å²) >= 11 is 5.02. The van der Waals surface area contributed by atoms with E-state index in [4.69, 9.17) is 4.42 Å². The molecule has 0 saturated carbocycles. The summed E-state index contributed by atoms with van der Waals surface area (Å²) in [4.78, 5) is 14.5. The number of carbonyl (C=O) groups is 1. The fourth-order valence-electron chi connectivity index (χ4n) is 1.40. The molecule has 0 aliphatic heterocycles. The van der Waals surface area contributed by atoms with Gasteiger partial charge in [0, 0.05) is 23.0 Å². The van der Waals surface area contributed by atoms with Gasteiger partial charge in [0.1, 0.15) is 11.5 Å². The number of hydrogen-bond donors (Lipinski definition) is 2. The molecule has 96 valence electrons. The second-order valence-corrected chi connectivity index (χ2v) is 5.64. The van der Waals surface area contributed by atoms with Gasteiger partial charge in [0.05, 0.1) is 12.0 Å². The molecule has 2 N–H and O–H groups in total. The van der Waals surface area contributed by atoms with Crippen LogP contribution in [0.1, 0.15) is 16.2 Å². The number of aromatic amines is 1. The van der Waals surface area contributed by atoms with Gasteiger partial charge >= 0.3 is 0 Å². The molecule has 4 nitrogen and oxygen atoms in total. The molecule has 18 heavy (non-hydrogen) atoms. The Morgan fingerprint density at radius 3 is 3.11 bits per heavy atom. The maximum absolute atomic E-state index is 11.7. The molecule has 0 aliphatic carbocycles. The number of aromatic nitrogens is 1.